The molecule has 0 saturated heterocycles. The van der Waals surface area contributed by atoms with Gasteiger partial charge in [0.25, 0.3) is 0 Å². The second-order valence-corrected chi connectivity index (χ2v) is 6.94. The van der Waals surface area contributed by atoms with Gasteiger partial charge in [0.15, 0.2) is 0 Å². The standard InChI is InChI=1S/C16H17F2NO4S/c1-19(9-10-23-14-6-4-13(22-2)5-7-14)24(20,21)16-11-12(17)3-8-15(16)18/h3-8,11H,9-10H2,1-2H3. The van der Waals surface area contributed by atoms with E-state index in [1.54, 1.807) is 31.4 Å². The van der Waals surface area contributed by atoms with E-state index in [0.717, 1.165) is 16.4 Å². The Morgan fingerprint density at radius 2 is 1.67 bits per heavy atom. The van der Waals surface area contributed by atoms with E-state index in [0.29, 0.717) is 17.6 Å². The van der Waals surface area contributed by atoms with Gasteiger partial charge >= 0.3 is 0 Å². The van der Waals surface area contributed by atoms with Gasteiger partial charge in [-0.2, -0.15) is 4.31 Å². The van der Waals surface area contributed by atoms with Crippen LogP contribution >= 0.6 is 0 Å². The number of halogens is 2. The Kier molecular flexibility index (Phi) is 5.74. The number of sulfonamides is 1. The summed E-state index contributed by atoms with van der Waals surface area (Å²) < 4.78 is 62.8. The average Bonchev–Trinajstić information content (AvgIpc) is 2.57. The highest BCUT2D eigenvalue weighted by Gasteiger charge is 2.25. The van der Waals surface area contributed by atoms with Gasteiger partial charge in [-0.1, -0.05) is 0 Å². The topological polar surface area (TPSA) is 55.8 Å². The minimum atomic E-state index is -4.14. The first-order valence-electron chi connectivity index (χ1n) is 7.03. The normalized spacial score (nSPS) is 11.5. The molecule has 0 aliphatic rings. The van der Waals surface area contributed by atoms with E-state index in [4.69, 9.17) is 9.47 Å². The third-order valence-electron chi connectivity index (χ3n) is 3.32. The smallest absolute Gasteiger partial charge is 0.245 e. The first kappa shape index (κ1) is 18.2. The lowest BCUT2D eigenvalue weighted by Gasteiger charge is -2.18. The number of methoxy groups -OCH3 is 1. The van der Waals surface area contributed by atoms with E-state index in [-0.39, 0.29) is 13.2 Å². The van der Waals surface area contributed by atoms with Crippen LogP contribution < -0.4 is 9.47 Å². The molecular formula is C16H17F2NO4S. The summed E-state index contributed by atoms with van der Waals surface area (Å²) in [6.07, 6.45) is 0. The quantitative estimate of drug-likeness (QED) is 0.765. The molecule has 0 atom stereocenters. The van der Waals surface area contributed by atoms with Crippen LogP contribution in [-0.2, 0) is 10.0 Å². The van der Waals surface area contributed by atoms with Crippen molar-refractivity contribution in [3.8, 4) is 11.5 Å². The highest BCUT2D eigenvalue weighted by molar-refractivity contribution is 7.89. The fourth-order valence-electron chi connectivity index (χ4n) is 1.93. The molecule has 0 aliphatic heterocycles. The highest BCUT2D eigenvalue weighted by atomic mass is 32.2. The predicted octanol–water partition coefficient (Wildman–Crippen LogP) is 2.67. The van der Waals surface area contributed by atoms with Gasteiger partial charge < -0.3 is 9.47 Å². The number of likely N-dealkylation sites (N-methyl/N-ethyl adjacent to an activating group) is 1. The van der Waals surface area contributed by atoms with Gasteiger partial charge in [0.2, 0.25) is 10.0 Å². The number of rotatable bonds is 7. The molecule has 0 bridgehead atoms. The Morgan fingerprint density at radius 3 is 2.29 bits per heavy atom. The molecule has 5 nitrogen and oxygen atoms in total. The van der Waals surface area contributed by atoms with Gasteiger partial charge in [0.05, 0.1) is 7.11 Å². The molecule has 130 valence electrons. The maximum atomic E-state index is 13.7. The second kappa shape index (κ2) is 7.59. The zero-order chi connectivity index (χ0) is 17.7. The number of benzene rings is 2. The highest BCUT2D eigenvalue weighted by Crippen LogP contribution is 2.20. The van der Waals surface area contributed by atoms with Crippen molar-refractivity contribution in [2.45, 2.75) is 4.90 Å². The molecule has 2 aromatic carbocycles. The van der Waals surface area contributed by atoms with Gasteiger partial charge in [0.1, 0.15) is 34.6 Å². The van der Waals surface area contributed by atoms with Gasteiger partial charge in [-0.05, 0) is 42.5 Å². The summed E-state index contributed by atoms with van der Waals surface area (Å²) in [5, 5.41) is 0. The van der Waals surface area contributed by atoms with Gasteiger partial charge in [-0.15, -0.1) is 0 Å². The van der Waals surface area contributed by atoms with Crippen LogP contribution in [0.5, 0.6) is 11.5 Å². The van der Waals surface area contributed by atoms with E-state index < -0.39 is 26.6 Å². The summed E-state index contributed by atoms with van der Waals surface area (Å²) in [7, 11) is -1.32. The zero-order valence-corrected chi connectivity index (χ0v) is 14.0. The van der Waals surface area contributed by atoms with E-state index in [2.05, 4.69) is 0 Å². The van der Waals surface area contributed by atoms with Crippen LogP contribution in [0.25, 0.3) is 0 Å². The fourth-order valence-corrected chi connectivity index (χ4v) is 3.15. The lowest BCUT2D eigenvalue weighted by molar-refractivity contribution is 0.286. The van der Waals surface area contributed by atoms with Crippen LogP contribution in [-0.4, -0.2) is 40.0 Å². The Labute approximate surface area is 139 Å². The lowest BCUT2D eigenvalue weighted by Crippen LogP contribution is -2.31. The summed E-state index contributed by atoms with van der Waals surface area (Å²) in [4.78, 5) is -0.700. The molecule has 0 aliphatic carbocycles. The molecule has 0 heterocycles. The van der Waals surface area contributed by atoms with Crippen molar-refractivity contribution in [3.05, 3.63) is 54.1 Å². The van der Waals surface area contributed by atoms with Gasteiger partial charge in [-0.3, -0.25) is 0 Å². The van der Waals surface area contributed by atoms with Crippen molar-refractivity contribution in [2.75, 3.05) is 27.3 Å². The molecule has 0 aromatic heterocycles. The average molecular weight is 357 g/mol. The van der Waals surface area contributed by atoms with Crippen molar-refractivity contribution in [2.24, 2.45) is 0 Å². The van der Waals surface area contributed by atoms with Crippen molar-refractivity contribution in [3.63, 3.8) is 0 Å². The maximum Gasteiger partial charge on any atom is 0.245 e. The predicted molar refractivity (Wildman–Crippen MR) is 84.7 cm³/mol. The summed E-state index contributed by atoms with van der Waals surface area (Å²) >= 11 is 0. The minimum absolute atomic E-state index is 0.0235. The first-order chi connectivity index (χ1) is 11.3. The van der Waals surface area contributed by atoms with E-state index in [1.165, 1.54) is 7.05 Å². The van der Waals surface area contributed by atoms with Crippen LogP contribution in [0.3, 0.4) is 0 Å². The van der Waals surface area contributed by atoms with Crippen molar-refractivity contribution >= 4 is 10.0 Å². The SMILES string of the molecule is COc1ccc(OCCN(C)S(=O)(=O)c2cc(F)ccc2F)cc1. The molecule has 0 N–H and O–H groups in total. The van der Waals surface area contributed by atoms with Crippen LogP contribution in [0.1, 0.15) is 0 Å². The molecule has 0 unspecified atom stereocenters. The summed E-state index contributed by atoms with van der Waals surface area (Å²) in [6, 6.07) is 9.07. The molecule has 0 spiro atoms. The number of nitrogens with zero attached hydrogens (tertiary/aromatic N) is 1. The third-order valence-corrected chi connectivity index (χ3v) is 5.19. The largest absolute Gasteiger partial charge is 0.497 e. The van der Waals surface area contributed by atoms with Crippen LogP contribution in [0.2, 0.25) is 0 Å². The second-order valence-electron chi connectivity index (χ2n) is 4.93. The lowest BCUT2D eigenvalue weighted by atomic mass is 10.3. The molecule has 0 amide bonds. The molecule has 24 heavy (non-hydrogen) atoms. The number of hydrogen-bond acceptors (Lipinski definition) is 4. The molecule has 2 aromatic rings. The Balaban J connectivity index is 2.00. The van der Waals surface area contributed by atoms with Crippen LogP contribution in [0.4, 0.5) is 8.78 Å². The summed E-state index contributed by atoms with van der Waals surface area (Å²) in [5.74, 6) is -0.612. The Bertz CT molecular complexity index is 794. The van der Waals surface area contributed by atoms with Crippen molar-refractivity contribution < 1.29 is 26.7 Å². The van der Waals surface area contributed by atoms with Gasteiger partial charge in [0, 0.05) is 13.6 Å². The van der Waals surface area contributed by atoms with Crippen LogP contribution in [0.15, 0.2) is 47.4 Å². The van der Waals surface area contributed by atoms with Gasteiger partial charge in [-0.25, -0.2) is 17.2 Å². The zero-order valence-electron chi connectivity index (χ0n) is 13.2. The van der Waals surface area contributed by atoms with E-state index >= 15 is 0 Å². The first-order valence-corrected chi connectivity index (χ1v) is 8.47. The molecule has 2 rings (SSSR count). The molecule has 8 heteroatoms. The molecule has 0 fully saturated rings. The Morgan fingerprint density at radius 1 is 1.04 bits per heavy atom. The third kappa shape index (κ3) is 4.21. The maximum absolute atomic E-state index is 13.7. The molecular weight excluding hydrogens is 340 g/mol. The number of ether oxygens (including phenoxy) is 2. The Hall–Kier alpha value is -2.19. The summed E-state index contributed by atoms with van der Waals surface area (Å²) in [6.45, 7) is 0.0311. The van der Waals surface area contributed by atoms with Crippen molar-refractivity contribution in [1.29, 1.82) is 0 Å². The summed E-state index contributed by atoms with van der Waals surface area (Å²) in [5.41, 5.74) is 0. The van der Waals surface area contributed by atoms with Crippen LogP contribution in [0, 0.1) is 11.6 Å². The monoisotopic (exact) mass is 357 g/mol. The number of hydrogen-bond donors (Lipinski definition) is 0. The van der Waals surface area contributed by atoms with E-state index in [1.807, 2.05) is 0 Å². The molecule has 0 radical (unpaired) electrons. The minimum Gasteiger partial charge on any atom is -0.497 e. The fraction of sp³-hybridized carbons (Fsp3) is 0.250. The van der Waals surface area contributed by atoms with Crippen molar-refractivity contribution in [1.82, 2.24) is 4.31 Å². The molecule has 0 saturated carbocycles. The van der Waals surface area contributed by atoms with E-state index in [9.17, 15) is 17.2 Å².